The van der Waals surface area contributed by atoms with Crippen molar-refractivity contribution in [2.24, 2.45) is 41.1 Å². The van der Waals surface area contributed by atoms with Crippen LogP contribution in [-0.4, -0.2) is 211 Å². The van der Waals surface area contributed by atoms with E-state index in [1.807, 2.05) is 27.7 Å². The number of unbranched alkanes of at least 4 members (excludes halogenated alkanes) is 7. The second-order valence-electron chi connectivity index (χ2n) is 25.6. The quantitative estimate of drug-likeness (QED) is 0.0387. The lowest BCUT2D eigenvalue weighted by molar-refractivity contribution is -0.138. The van der Waals surface area contributed by atoms with Crippen molar-refractivity contribution in [3.63, 3.8) is 0 Å². The maximum Gasteiger partial charge on any atom is 0.224 e. The third-order valence-corrected chi connectivity index (χ3v) is 17.4. The molecule has 6 unspecified atom stereocenters. The molecule has 2 heterocycles. The molecule has 2 rings (SSSR count). The van der Waals surface area contributed by atoms with Gasteiger partial charge in [0.15, 0.2) is 5.78 Å². The molecule has 2 aliphatic rings. The summed E-state index contributed by atoms with van der Waals surface area (Å²) in [4.78, 5) is 173. The van der Waals surface area contributed by atoms with Crippen LogP contribution in [0.4, 0.5) is 0 Å². The summed E-state index contributed by atoms with van der Waals surface area (Å²) in [5, 5.41) is 28.7. The summed E-state index contributed by atoms with van der Waals surface area (Å²) in [5.41, 5.74) is 11.2. The Kier molecular flexibility index (Phi) is 47.8. The number of piperidine rings is 2. The molecule has 0 aliphatic carbocycles. The maximum absolute atomic E-state index is 14.8. The summed E-state index contributed by atoms with van der Waals surface area (Å²) in [6, 6.07) is -1.60. The Balaban J connectivity index is 2.56. The van der Waals surface area contributed by atoms with Crippen LogP contribution in [0.2, 0.25) is 0 Å². The average molecular weight is 1330 g/mol. The van der Waals surface area contributed by atoms with Gasteiger partial charge in [0.1, 0.15) is 17.3 Å². The minimum Gasteiger partial charge on any atom is -0.356 e. The fourth-order valence-electron chi connectivity index (χ4n) is 11.7. The fraction of sp³-hybridized carbons (Fsp3) is 0.824. The van der Waals surface area contributed by atoms with E-state index < -0.39 is 145 Å². The predicted molar refractivity (Wildman–Crippen MR) is 365 cm³/mol. The Bertz CT molecular complexity index is 2250. The average Bonchev–Trinajstić information content (AvgIpc) is 1.20. The normalized spacial score (nSPS) is 15.4. The van der Waals surface area contributed by atoms with E-state index in [4.69, 9.17) is 11.5 Å². The molecule has 0 spiro atoms. The number of ketones is 4. The lowest BCUT2D eigenvalue weighted by atomic mass is 9.84. The van der Waals surface area contributed by atoms with Crippen LogP contribution in [0.1, 0.15) is 201 Å². The lowest BCUT2D eigenvalue weighted by Gasteiger charge is -2.26. The molecule has 6 atom stereocenters. The van der Waals surface area contributed by atoms with Gasteiger partial charge in [-0.1, -0.05) is 85.5 Å². The third-order valence-electron chi connectivity index (χ3n) is 17.4. The molecular weight excluding hydrogens is 1200 g/mol. The standard InChI is InChI=1S/C68H124N14O12/c1-5-9-12-16-25-73-63(89)50-58(60(86)46-53(66(92)78-32-30-72-28-23-70)43-57(84)44-54(67(93)76-24-11-7-3)48-62(88)74-31-29-71-27-22-69)80-64(90)49-55(68(94)77-26-17-13-10-6-2)45-59(85)52(47-61(87)75-33-39-81-35-18-14-19-36-81)42-56(83)41-51(8-4)65(91)79-34-40-82-37-20-15-21-38-82/h51-55,58,71-72H,5-50,69-70H2,1-4H3,(H,73,89)(H,74,88)(H,75,87)(H,76,93)(H,77,94)(H,78,92)(H,79,91)(H,80,90). The zero-order valence-electron chi connectivity index (χ0n) is 57.9. The topological polar surface area (TPSA) is 384 Å². The van der Waals surface area contributed by atoms with Crippen molar-refractivity contribution in [1.82, 2.24) is 63.0 Å². The predicted octanol–water partition coefficient (Wildman–Crippen LogP) is 1.98. The molecule has 8 amide bonds. The highest BCUT2D eigenvalue weighted by Gasteiger charge is 2.36. The van der Waals surface area contributed by atoms with Crippen molar-refractivity contribution in [2.75, 3.05) is 124 Å². The van der Waals surface area contributed by atoms with Crippen molar-refractivity contribution in [3.05, 3.63) is 0 Å². The Labute approximate surface area is 561 Å². The van der Waals surface area contributed by atoms with E-state index >= 15 is 0 Å². The SMILES string of the molecule is CCCCCCNC(=O)CC(NC(=O)CC(CC(=O)C(CC(=O)CC(CC)C(=O)NCCN1CCCCC1)CC(=O)NCCN1CCCCC1)C(=O)NCCCCCC)C(=O)CC(CC(=O)CC(CC(=O)NCCNCCN)C(=O)NCCCC)C(=O)NCCNCCN. The van der Waals surface area contributed by atoms with Crippen molar-refractivity contribution < 1.29 is 57.5 Å². The summed E-state index contributed by atoms with van der Waals surface area (Å²) in [6.07, 6.45) is 10.3. The molecule has 2 saturated heterocycles. The lowest BCUT2D eigenvalue weighted by Crippen LogP contribution is -2.47. The van der Waals surface area contributed by atoms with Crippen LogP contribution in [-0.2, 0) is 57.5 Å². The number of rotatable bonds is 57. The minimum absolute atomic E-state index is 0.0791. The van der Waals surface area contributed by atoms with Gasteiger partial charge < -0.3 is 74.4 Å². The fourth-order valence-corrected chi connectivity index (χ4v) is 11.7. The molecule has 14 N–H and O–H groups in total. The number of Topliss-reactive ketones (excluding diaryl/α,β-unsaturated/α-hetero) is 4. The van der Waals surface area contributed by atoms with Gasteiger partial charge in [-0.05, 0) is 77.5 Å². The molecule has 0 aromatic heterocycles. The van der Waals surface area contributed by atoms with Crippen LogP contribution in [0.25, 0.3) is 0 Å². The van der Waals surface area contributed by atoms with Gasteiger partial charge in [-0.25, -0.2) is 0 Å². The van der Waals surface area contributed by atoms with Crippen LogP contribution < -0.4 is 64.6 Å². The number of nitrogens with one attached hydrogen (secondary N) is 10. The first-order valence-corrected chi connectivity index (χ1v) is 35.9. The molecule has 0 bridgehead atoms. The third kappa shape index (κ3) is 39.9. The molecule has 538 valence electrons. The molecule has 26 nitrogen and oxygen atoms in total. The van der Waals surface area contributed by atoms with Gasteiger partial charge in [-0.2, -0.15) is 0 Å². The van der Waals surface area contributed by atoms with E-state index in [-0.39, 0.29) is 51.3 Å². The van der Waals surface area contributed by atoms with Crippen molar-refractivity contribution in [2.45, 2.75) is 207 Å². The second-order valence-corrected chi connectivity index (χ2v) is 25.6. The number of hydrogen-bond acceptors (Lipinski definition) is 18. The monoisotopic (exact) mass is 1330 g/mol. The number of nitrogens with two attached hydrogens (primary N) is 2. The molecule has 94 heavy (non-hydrogen) atoms. The summed E-state index contributed by atoms with van der Waals surface area (Å²) < 4.78 is 0. The van der Waals surface area contributed by atoms with Crippen LogP contribution in [0.5, 0.6) is 0 Å². The van der Waals surface area contributed by atoms with Crippen LogP contribution >= 0.6 is 0 Å². The molecule has 2 aliphatic heterocycles. The number of carbonyl (C=O) groups excluding carboxylic acids is 12. The minimum atomic E-state index is -1.60. The van der Waals surface area contributed by atoms with Gasteiger partial charge in [0, 0.05) is 168 Å². The molecule has 26 heteroatoms. The van der Waals surface area contributed by atoms with E-state index in [0.717, 1.165) is 103 Å². The Morgan fingerprint density at radius 3 is 1.22 bits per heavy atom. The number of amides is 8. The zero-order chi connectivity index (χ0) is 69.1. The van der Waals surface area contributed by atoms with Gasteiger partial charge in [0.2, 0.25) is 47.3 Å². The summed E-state index contributed by atoms with van der Waals surface area (Å²) in [7, 11) is 0. The van der Waals surface area contributed by atoms with Crippen molar-refractivity contribution >= 4 is 70.4 Å². The highest BCUT2D eigenvalue weighted by molar-refractivity contribution is 5.99. The molecule has 0 saturated carbocycles. The molecule has 2 fully saturated rings. The van der Waals surface area contributed by atoms with Crippen LogP contribution in [0.15, 0.2) is 0 Å². The number of hydrogen-bond donors (Lipinski definition) is 12. The van der Waals surface area contributed by atoms with Gasteiger partial charge >= 0.3 is 0 Å². The number of likely N-dealkylation sites (tertiary alicyclic amines) is 2. The van der Waals surface area contributed by atoms with E-state index in [1.165, 1.54) is 6.42 Å². The maximum atomic E-state index is 14.8. The number of carbonyl (C=O) groups is 12. The Morgan fingerprint density at radius 2 is 0.702 bits per heavy atom. The molecular formula is C68H124N14O12. The van der Waals surface area contributed by atoms with Gasteiger partial charge in [-0.3, -0.25) is 57.5 Å². The van der Waals surface area contributed by atoms with Crippen molar-refractivity contribution in [3.8, 4) is 0 Å². The highest BCUT2D eigenvalue weighted by atomic mass is 16.2. The summed E-state index contributed by atoms with van der Waals surface area (Å²) >= 11 is 0. The highest BCUT2D eigenvalue weighted by Crippen LogP contribution is 2.24. The number of nitrogens with zero attached hydrogens (tertiary/aromatic N) is 2. The van der Waals surface area contributed by atoms with E-state index in [2.05, 4.69) is 63.0 Å². The van der Waals surface area contributed by atoms with E-state index in [9.17, 15) is 57.5 Å². The first-order chi connectivity index (χ1) is 45.4. The van der Waals surface area contributed by atoms with Crippen molar-refractivity contribution in [1.29, 1.82) is 0 Å². The van der Waals surface area contributed by atoms with Crippen LogP contribution in [0.3, 0.4) is 0 Å². The molecule has 0 aromatic rings. The largest absolute Gasteiger partial charge is 0.356 e. The first-order valence-electron chi connectivity index (χ1n) is 35.9. The molecule has 0 radical (unpaired) electrons. The zero-order valence-corrected chi connectivity index (χ0v) is 57.9. The second kappa shape index (κ2) is 53.4. The summed E-state index contributed by atoms with van der Waals surface area (Å²) in [6.45, 7) is 17.2. The smallest absolute Gasteiger partial charge is 0.224 e. The molecule has 0 aromatic carbocycles. The first kappa shape index (κ1) is 84.3. The van der Waals surface area contributed by atoms with Gasteiger partial charge in [0.05, 0.1) is 30.2 Å². The summed E-state index contributed by atoms with van der Waals surface area (Å²) in [5.74, 6) is -12.8. The van der Waals surface area contributed by atoms with Crippen LogP contribution in [0, 0.1) is 29.6 Å². The van der Waals surface area contributed by atoms with E-state index in [0.29, 0.717) is 97.7 Å². The van der Waals surface area contributed by atoms with E-state index in [1.54, 1.807) is 0 Å². The Morgan fingerprint density at radius 1 is 0.330 bits per heavy atom. The Hall–Kier alpha value is -5.80. The van der Waals surface area contributed by atoms with Gasteiger partial charge in [-0.15, -0.1) is 0 Å². The van der Waals surface area contributed by atoms with Gasteiger partial charge in [0.25, 0.3) is 0 Å².